The quantitative estimate of drug-likeness (QED) is 0.849. The monoisotopic (exact) mass is 296 g/mol. The van der Waals surface area contributed by atoms with Crippen molar-refractivity contribution in [3.8, 4) is 0 Å². The van der Waals surface area contributed by atoms with Crippen molar-refractivity contribution in [3.63, 3.8) is 0 Å². The lowest BCUT2D eigenvalue weighted by Crippen LogP contribution is -2.11. The van der Waals surface area contributed by atoms with Crippen molar-refractivity contribution in [1.82, 2.24) is 5.32 Å². The molecule has 0 bridgehead atoms. The minimum Gasteiger partial charge on any atom is -0.398 e. The van der Waals surface area contributed by atoms with Gasteiger partial charge in [0.05, 0.1) is 0 Å². The van der Waals surface area contributed by atoms with Gasteiger partial charge in [0.15, 0.2) is 0 Å². The van der Waals surface area contributed by atoms with E-state index in [0.717, 1.165) is 23.2 Å². The van der Waals surface area contributed by atoms with Crippen LogP contribution in [-0.4, -0.2) is 0 Å². The Morgan fingerprint density at radius 1 is 1.25 bits per heavy atom. The third kappa shape index (κ3) is 3.07. The number of nitrogens with one attached hydrogen (secondary N) is 1. The van der Waals surface area contributed by atoms with Gasteiger partial charge in [-0.05, 0) is 45.1 Å². The Morgan fingerprint density at radius 3 is 2.81 bits per heavy atom. The van der Waals surface area contributed by atoms with Crippen LogP contribution in [0.2, 0.25) is 0 Å². The molecule has 0 spiro atoms. The van der Waals surface area contributed by atoms with Crippen molar-refractivity contribution in [2.45, 2.75) is 13.1 Å². The second-order valence-electron chi connectivity index (χ2n) is 3.54. The van der Waals surface area contributed by atoms with Crippen LogP contribution < -0.4 is 11.1 Å². The molecule has 0 atom stereocenters. The molecule has 16 heavy (non-hydrogen) atoms. The first-order chi connectivity index (χ1) is 7.75. The summed E-state index contributed by atoms with van der Waals surface area (Å²) in [6.45, 7) is 1.75. The maximum absolute atomic E-state index is 5.81. The third-order valence-corrected chi connectivity index (χ3v) is 3.87. The summed E-state index contributed by atoms with van der Waals surface area (Å²) in [6.07, 6.45) is 0. The summed E-state index contributed by atoms with van der Waals surface area (Å²) in [4.78, 5) is 1.35. The predicted molar refractivity (Wildman–Crippen MR) is 73.4 cm³/mol. The normalized spacial score (nSPS) is 10.6. The van der Waals surface area contributed by atoms with Gasteiger partial charge in [0.25, 0.3) is 0 Å². The lowest BCUT2D eigenvalue weighted by atomic mass is 10.2. The van der Waals surface area contributed by atoms with Crippen LogP contribution in [0.25, 0.3) is 0 Å². The van der Waals surface area contributed by atoms with Gasteiger partial charge in [-0.1, -0.05) is 12.1 Å². The van der Waals surface area contributed by atoms with E-state index in [0.29, 0.717) is 0 Å². The maximum atomic E-state index is 5.81. The van der Waals surface area contributed by atoms with Gasteiger partial charge in [0.2, 0.25) is 0 Å². The van der Waals surface area contributed by atoms with Crippen LogP contribution in [0.4, 0.5) is 5.69 Å². The summed E-state index contributed by atoms with van der Waals surface area (Å²) in [5.74, 6) is 0. The molecule has 2 nitrogen and oxygen atoms in total. The second kappa shape index (κ2) is 5.48. The molecule has 4 heteroatoms. The van der Waals surface area contributed by atoms with E-state index in [-0.39, 0.29) is 0 Å². The molecule has 0 saturated heterocycles. The molecule has 1 heterocycles. The summed E-state index contributed by atoms with van der Waals surface area (Å²) in [6, 6.07) is 10.2. The number of nitrogen functional groups attached to an aromatic ring is 1. The standard InChI is InChI=1S/C12H13BrN2S/c13-11-4-3-9(6-12(11)14)7-15-8-10-2-1-5-16-10/h1-6,15H,7-8,14H2. The lowest BCUT2D eigenvalue weighted by molar-refractivity contribution is 0.701. The summed E-state index contributed by atoms with van der Waals surface area (Å²) in [7, 11) is 0. The molecular weight excluding hydrogens is 284 g/mol. The molecule has 0 aliphatic rings. The number of nitrogens with two attached hydrogens (primary N) is 1. The van der Waals surface area contributed by atoms with Crippen molar-refractivity contribution in [1.29, 1.82) is 0 Å². The molecule has 2 aromatic rings. The third-order valence-electron chi connectivity index (χ3n) is 2.27. The Morgan fingerprint density at radius 2 is 2.12 bits per heavy atom. The average Bonchev–Trinajstić information content (AvgIpc) is 2.76. The fourth-order valence-electron chi connectivity index (χ4n) is 1.45. The van der Waals surface area contributed by atoms with Crippen molar-refractivity contribution in [2.24, 2.45) is 0 Å². The number of rotatable bonds is 4. The van der Waals surface area contributed by atoms with Crippen LogP contribution in [-0.2, 0) is 13.1 Å². The molecule has 0 saturated carbocycles. The Kier molecular flexibility index (Phi) is 3.98. The van der Waals surface area contributed by atoms with E-state index >= 15 is 0 Å². The fraction of sp³-hybridized carbons (Fsp3) is 0.167. The average molecular weight is 297 g/mol. The minimum absolute atomic E-state index is 0.787. The van der Waals surface area contributed by atoms with Crippen LogP contribution in [0.15, 0.2) is 40.2 Å². The number of thiophene rings is 1. The van der Waals surface area contributed by atoms with Crippen LogP contribution in [0.5, 0.6) is 0 Å². The zero-order valence-electron chi connectivity index (χ0n) is 8.74. The largest absolute Gasteiger partial charge is 0.398 e. The Bertz CT molecular complexity index is 454. The number of hydrogen-bond donors (Lipinski definition) is 2. The van der Waals surface area contributed by atoms with Gasteiger partial charge in [-0.25, -0.2) is 0 Å². The molecule has 1 aromatic heterocycles. The number of hydrogen-bond acceptors (Lipinski definition) is 3. The van der Waals surface area contributed by atoms with Crippen LogP contribution in [0, 0.1) is 0 Å². The Labute approximate surface area is 108 Å². The number of benzene rings is 1. The van der Waals surface area contributed by atoms with Crippen LogP contribution in [0.1, 0.15) is 10.4 Å². The highest BCUT2D eigenvalue weighted by atomic mass is 79.9. The molecule has 0 radical (unpaired) electrons. The summed E-state index contributed by atoms with van der Waals surface area (Å²) in [5.41, 5.74) is 7.81. The first-order valence-electron chi connectivity index (χ1n) is 5.03. The molecule has 0 aliphatic heterocycles. The minimum atomic E-state index is 0.787. The highest BCUT2D eigenvalue weighted by Gasteiger charge is 1.98. The molecular formula is C12H13BrN2S. The molecule has 0 unspecified atom stereocenters. The summed E-state index contributed by atoms with van der Waals surface area (Å²) in [5, 5.41) is 5.48. The highest BCUT2D eigenvalue weighted by molar-refractivity contribution is 9.10. The summed E-state index contributed by atoms with van der Waals surface area (Å²) >= 11 is 5.15. The molecule has 0 amide bonds. The second-order valence-corrected chi connectivity index (χ2v) is 5.43. The maximum Gasteiger partial charge on any atom is 0.0461 e. The first kappa shape index (κ1) is 11.6. The van der Waals surface area contributed by atoms with Gasteiger partial charge in [-0.3, -0.25) is 0 Å². The molecule has 0 fully saturated rings. The van der Waals surface area contributed by atoms with E-state index < -0.39 is 0 Å². The highest BCUT2D eigenvalue weighted by Crippen LogP contribution is 2.20. The Hall–Kier alpha value is -0.840. The zero-order chi connectivity index (χ0) is 11.4. The van der Waals surface area contributed by atoms with E-state index in [1.54, 1.807) is 11.3 Å². The number of halogens is 1. The van der Waals surface area contributed by atoms with Crippen molar-refractivity contribution < 1.29 is 0 Å². The fourth-order valence-corrected chi connectivity index (χ4v) is 2.37. The van der Waals surface area contributed by atoms with E-state index in [4.69, 9.17) is 5.73 Å². The SMILES string of the molecule is Nc1cc(CNCc2cccs2)ccc1Br. The van der Waals surface area contributed by atoms with Gasteiger partial charge >= 0.3 is 0 Å². The first-order valence-corrected chi connectivity index (χ1v) is 6.70. The topological polar surface area (TPSA) is 38.0 Å². The van der Waals surface area contributed by atoms with E-state index in [2.05, 4.69) is 44.8 Å². The van der Waals surface area contributed by atoms with Gasteiger partial charge < -0.3 is 11.1 Å². The van der Waals surface area contributed by atoms with Crippen molar-refractivity contribution in [2.75, 3.05) is 5.73 Å². The lowest BCUT2D eigenvalue weighted by Gasteiger charge is -2.05. The van der Waals surface area contributed by atoms with Gasteiger partial charge in [0.1, 0.15) is 0 Å². The van der Waals surface area contributed by atoms with Gasteiger partial charge in [0, 0.05) is 28.1 Å². The van der Waals surface area contributed by atoms with Gasteiger partial charge in [-0.15, -0.1) is 11.3 Å². The molecule has 3 N–H and O–H groups in total. The van der Waals surface area contributed by atoms with Crippen molar-refractivity contribution >= 4 is 33.0 Å². The molecule has 0 aliphatic carbocycles. The smallest absolute Gasteiger partial charge is 0.0461 e. The zero-order valence-corrected chi connectivity index (χ0v) is 11.1. The van der Waals surface area contributed by atoms with Crippen LogP contribution >= 0.6 is 27.3 Å². The molecule has 84 valence electrons. The van der Waals surface area contributed by atoms with Crippen molar-refractivity contribution in [3.05, 3.63) is 50.6 Å². The van der Waals surface area contributed by atoms with Gasteiger partial charge in [-0.2, -0.15) is 0 Å². The molecule has 1 aromatic carbocycles. The number of anilines is 1. The Balaban J connectivity index is 1.87. The van der Waals surface area contributed by atoms with E-state index in [1.165, 1.54) is 10.4 Å². The van der Waals surface area contributed by atoms with E-state index in [1.807, 2.05) is 12.1 Å². The summed E-state index contributed by atoms with van der Waals surface area (Å²) < 4.78 is 0.953. The predicted octanol–water partition coefficient (Wildman–Crippen LogP) is 3.38. The van der Waals surface area contributed by atoms with Crippen LogP contribution in [0.3, 0.4) is 0 Å². The molecule has 2 rings (SSSR count). The van der Waals surface area contributed by atoms with E-state index in [9.17, 15) is 0 Å².